The zero-order valence-electron chi connectivity index (χ0n) is 14.2. The second kappa shape index (κ2) is 6.47. The molecule has 0 saturated heterocycles. The number of imidazole rings is 1. The highest BCUT2D eigenvalue weighted by atomic mass is 19.1. The molecule has 3 aromatic rings. The summed E-state index contributed by atoms with van der Waals surface area (Å²) in [5.41, 5.74) is 2.06. The minimum atomic E-state index is -0.587. The van der Waals surface area contributed by atoms with E-state index in [0.29, 0.717) is 23.2 Å². The molecule has 0 aliphatic heterocycles. The quantitative estimate of drug-likeness (QED) is 0.707. The number of halogens is 2. The third-order valence-electron chi connectivity index (χ3n) is 4.98. The maximum atomic E-state index is 14.4. The first-order valence-corrected chi connectivity index (χ1v) is 8.90. The molecule has 2 aromatic heterocycles. The lowest BCUT2D eigenvalue weighted by Crippen LogP contribution is -2.17. The fraction of sp³-hybridized carbons (Fsp3) is 0.350. The summed E-state index contributed by atoms with van der Waals surface area (Å²) in [5, 5.41) is 3.53. The van der Waals surface area contributed by atoms with Crippen LogP contribution in [-0.2, 0) is 6.42 Å². The van der Waals surface area contributed by atoms with Crippen molar-refractivity contribution in [1.82, 2.24) is 9.38 Å². The predicted octanol–water partition coefficient (Wildman–Crippen LogP) is 5.20. The normalized spacial score (nSPS) is 15.2. The van der Waals surface area contributed by atoms with E-state index in [-0.39, 0.29) is 5.56 Å². The Morgan fingerprint density at radius 2 is 1.76 bits per heavy atom. The molecule has 130 valence electrons. The molecule has 0 atom stereocenters. The largest absolute Gasteiger partial charge is 0.367 e. The number of fused-ring (bicyclic) bond motifs is 1. The third-order valence-corrected chi connectivity index (χ3v) is 4.98. The first-order chi connectivity index (χ1) is 12.2. The number of rotatable bonds is 4. The second-order valence-corrected chi connectivity index (χ2v) is 6.60. The number of nitrogens with zero attached hydrogens (tertiary/aromatic N) is 2. The van der Waals surface area contributed by atoms with Gasteiger partial charge in [0.2, 0.25) is 0 Å². The van der Waals surface area contributed by atoms with Crippen LogP contribution in [0, 0.1) is 11.6 Å². The molecule has 3 nitrogen and oxygen atoms in total. The number of nitrogens with one attached hydrogen (secondary N) is 1. The molecule has 5 heteroatoms. The Bertz CT molecular complexity index is 890. The standard InChI is InChI=1S/C20H21F2N3/c1-2-14-9-5-12-17-24-19(18-15(21)10-6-11-16(18)22)20(25(14)17)23-13-7-3-4-8-13/h5-6,9-13,23H,2-4,7-8H2,1H3. The maximum Gasteiger partial charge on any atom is 0.139 e. The summed E-state index contributed by atoms with van der Waals surface area (Å²) in [6, 6.07) is 10.1. The zero-order valence-corrected chi connectivity index (χ0v) is 14.2. The number of aromatic nitrogens is 2. The lowest BCUT2D eigenvalue weighted by molar-refractivity contribution is 0.589. The Morgan fingerprint density at radius 1 is 1.08 bits per heavy atom. The minimum Gasteiger partial charge on any atom is -0.367 e. The molecular formula is C20H21F2N3. The van der Waals surface area contributed by atoms with Crippen molar-refractivity contribution in [1.29, 1.82) is 0 Å². The van der Waals surface area contributed by atoms with E-state index in [4.69, 9.17) is 0 Å². The van der Waals surface area contributed by atoms with Crippen LogP contribution in [0.1, 0.15) is 38.3 Å². The van der Waals surface area contributed by atoms with Gasteiger partial charge in [0.25, 0.3) is 0 Å². The van der Waals surface area contributed by atoms with E-state index in [1.807, 2.05) is 22.6 Å². The maximum absolute atomic E-state index is 14.4. The van der Waals surface area contributed by atoms with Gasteiger partial charge in [-0.2, -0.15) is 0 Å². The summed E-state index contributed by atoms with van der Waals surface area (Å²) in [4.78, 5) is 4.58. The van der Waals surface area contributed by atoms with Gasteiger partial charge in [0.15, 0.2) is 0 Å². The van der Waals surface area contributed by atoms with E-state index in [9.17, 15) is 8.78 Å². The third kappa shape index (κ3) is 2.77. The van der Waals surface area contributed by atoms with Crippen molar-refractivity contribution >= 4 is 11.5 Å². The highest BCUT2D eigenvalue weighted by molar-refractivity contribution is 5.78. The van der Waals surface area contributed by atoms with E-state index >= 15 is 0 Å². The van der Waals surface area contributed by atoms with Crippen molar-refractivity contribution in [2.45, 2.75) is 45.1 Å². The first kappa shape index (κ1) is 16.1. The summed E-state index contributed by atoms with van der Waals surface area (Å²) in [6.45, 7) is 2.07. The van der Waals surface area contributed by atoms with E-state index < -0.39 is 11.6 Å². The van der Waals surface area contributed by atoms with Crippen LogP contribution in [0.15, 0.2) is 36.4 Å². The lowest BCUT2D eigenvalue weighted by atomic mass is 10.1. The summed E-state index contributed by atoms with van der Waals surface area (Å²) in [6.07, 6.45) is 5.31. The Kier molecular flexibility index (Phi) is 4.15. The van der Waals surface area contributed by atoms with E-state index in [1.165, 1.54) is 31.0 Å². The summed E-state index contributed by atoms with van der Waals surface area (Å²) in [7, 11) is 0. The van der Waals surface area contributed by atoms with Gasteiger partial charge in [-0.05, 0) is 43.5 Å². The van der Waals surface area contributed by atoms with Crippen LogP contribution in [0.25, 0.3) is 16.9 Å². The van der Waals surface area contributed by atoms with Gasteiger partial charge in [-0.3, -0.25) is 4.40 Å². The summed E-state index contributed by atoms with van der Waals surface area (Å²) < 4.78 is 30.8. The summed E-state index contributed by atoms with van der Waals surface area (Å²) in [5.74, 6) is -0.477. The number of hydrogen-bond acceptors (Lipinski definition) is 2. The van der Waals surface area contributed by atoms with Gasteiger partial charge in [0.1, 0.15) is 28.8 Å². The van der Waals surface area contributed by atoms with Crippen LogP contribution < -0.4 is 5.32 Å². The first-order valence-electron chi connectivity index (χ1n) is 8.90. The lowest BCUT2D eigenvalue weighted by Gasteiger charge is -2.16. The molecule has 0 spiro atoms. The zero-order chi connectivity index (χ0) is 17.4. The molecule has 4 rings (SSSR count). The van der Waals surface area contributed by atoms with Gasteiger partial charge in [0, 0.05) is 11.7 Å². The molecule has 2 heterocycles. The number of benzene rings is 1. The van der Waals surface area contributed by atoms with Crippen molar-refractivity contribution in [2.75, 3.05) is 5.32 Å². The highest BCUT2D eigenvalue weighted by Crippen LogP contribution is 2.35. The van der Waals surface area contributed by atoms with Crippen LogP contribution in [-0.4, -0.2) is 15.4 Å². The Balaban J connectivity index is 1.96. The number of aryl methyl sites for hydroxylation is 1. The Hall–Kier alpha value is -2.43. The molecule has 1 aliphatic carbocycles. The fourth-order valence-corrected chi connectivity index (χ4v) is 3.73. The van der Waals surface area contributed by atoms with E-state index in [1.54, 1.807) is 0 Å². The van der Waals surface area contributed by atoms with Crippen molar-refractivity contribution in [3.05, 3.63) is 53.7 Å². The van der Waals surface area contributed by atoms with Crippen LogP contribution in [0.4, 0.5) is 14.6 Å². The number of anilines is 1. The molecular weight excluding hydrogens is 320 g/mol. The highest BCUT2D eigenvalue weighted by Gasteiger charge is 2.24. The van der Waals surface area contributed by atoms with Gasteiger partial charge >= 0.3 is 0 Å². The molecule has 0 bridgehead atoms. The molecule has 0 radical (unpaired) electrons. The van der Waals surface area contributed by atoms with Crippen molar-refractivity contribution in [3.8, 4) is 11.3 Å². The molecule has 1 aromatic carbocycles. The smallest absolute Gasteiger partial charge is 0.139 e. The Labute approximate surface area is 145 Å². The van der Waals surface area contributed by atoms with E-state index in [2.05, 4.69) is 17.2 Å². The van der Waals surface area contributed by atoms with Gasteiger partial charge in [-0.1, -0.05) is 31.9 Å². The second-order valence-electron chi connectivity index (χ2n) is 6.60. The molecule has 0 unspecified atom stereocenters. The van der Waals surface area contributed by atoms with E-state index in [0.717, 1.165) is 25.0 Å². The molecule has 25 heavy (non-hydrogen) atoms. The molecule has 1 aliphatic rings. The molecule has 0 amide bonds. The number of pyridine rings is 1. The van der Waals surface area contributed by atoms with Crippen molar-refractivity contribution in [2.24, 2.45) is 0 Å². The van der Waals surface area contributed by atoms with Crippen LogP contribution in [0.2, 0.25) is 0 Å². The van der Waals surface area contributed by atoms with Crippen molar-refractivity contribution in [3.63, 3.8) is 0 Å². The Morgan fingerprint density at radius 3 is 2.44 bits per heavy atom. The number of hydrogen-bond donors (Lipinski definition) is 1. The average Bonchev–Trinajstić information content (AvgIpc) is 3.23. The van der Waals surface area contributed by atoms with Gasteiger partial charge < -0.3 is 5.32 Å². The average molecular weight is 341 g/mol. The van der Waals surface area contributed by atoms with Gasteiger partial charge in [0.05, 0.1) is 5.56 Å². The topological polar surface area (TPSA) is 29.3 Å². The van der Waals surface area contributed by atoms with Gasteiger partial charge in [-0.25, -0.2) is 13.8 Å². The van der Waals surface area contributed by atoms with Crippen LogP contribution >= 0.6 is 0 Å². The molecule has 1 N–H and O–H groups in total. The monoisotopic (exact) mass is 341 g/mol. The molecule has 1 fully saturated rings. The molecule has 1 saturated carbocycles. The van der Waals surface area contributed by atoms with Crippen molar-refractivity contribution < 1.29 is 8.78 Å². The minimum absolute atomic E-state index is 0.0613. The van der Waals surface area contributed by atoms with Crippen LogP contribution in [0.5, 0.6) is 0 Å². The predicted molar refractivity (Wildman–Crippen MR) is 95.8 cm³/mol. The SMILES string of the molecule is CCc1cccc2nc(-c3c(F)cccc3F)c(NC3CCCC3)n12. The van der Waals surface area contributed by atoms with Crippen LogP contribution in [0.3, 0.4) is 0 Å². The fourth-order valence-electron chi connectivity index (χ4n) is 3.73. The summed E-state index contributed by atoms with van der Waals surface area (Å²) >= 11 is 0. The van der Waals surface area contributed by atoms with Gasteiger partial charge in [-0.15, -0.1) is 0 Å².